The Labute approximate surface area is 137 Å². The number of benzene rings is 2. The monoisotopic (exact) mass is 331 g/mol. The fourth-order valence-electron chi connectivity index (χ4n) is 1.84. The van der Waals surface area contributed by atoms with Crippen molar-refractivity contribution in [3.05, 3.63) is 65.5 Å². The normalized spacial score (nSPS) is 10.0. The fraction of sp³-hybridized carbons (Fsp3) is 0.118. The van der Waals surface area contributed by atoms with Gasteiger partial charge in [-0.25, -0.2) is 9.18 Å². The molecule has 0 atom stereocenters. The molecule has 1 amide bonds. The summed E-state index contributed by atoms with van der Waals surface area (Å²) in [5.74, 6) is -2.27. The summed E-state index contributed by atoms with van der Waals surface area (Å²) in [6, 6.07) is 11.0. The molecule has 0 aromatic heterocycles. The van der Waals surface area contributed by atoms with Crippen LogP contribution in [0.1, 0.15) is 20.7 Å². The molecule has 24 heavy (non-hydrogen) atoms. The number of nitrogens with two attached hydrogens (primary N) is 1. The lowest BCUT2D eigenvalue weighted by Crippen LogP contribution is -2.21. The second-order valence-corrected chi connectivity index (χ2v) is 4.74. The molecule has 2 N–H and O–H groups in total. The Hall–Kier alpha value is -3.22. The van der Waals surface area contributed by atoms with Gasteiger partial charge in [-0.05, 0) is 36.4 Å². The zero-order chi connectivity index (χ0) is 17.5. The molecule has 0 saturated heterocycles. The van der Waals surface area contributed by atoms with E-state index in [1.54, 1.807) is 12.1 Å². The number of ether oxygens (including phenoxy) is 2. The molecule has 0 fully saturated rings. The molecule has 0 saturated carbocycles. The van der Waals surface area contributed by atoms with E-state index in [4.69, 9.17) is 15.2 Å². The van der Waals surface area contributed by atoms with Gasteiger partial charge in [0.25, 0.3) is 5.91 Å². The van der Waals surface area contributed by atoms with Crippen LogP contribution in [0, 0.1) is 5.82 Å². The third kappa shape index (κ3) is 4.64. The highest BCUT2D eigenvalue weighted by Crippen LogP contribution is 2.17. The molecule has 0 spiro atoms. The number of halogens is 1. The van der Waals surface area contributed by atoms with Gasteiger partial charge < -0.3 is 15.2 Å². The summed E-state index contributed by atoms with van der Waals surface area (Å²) in [5.41, 5.74) is 5.55. The van der Waals surface area contributed by atoms with Gasteiger partial charge in [-0.2, -0.15) is 0 Å². The molecule has 0 aliphatic heterocycles. The van der Waals surface area contributed by atoms with Crippen LogP contribution in [-0.4, -0.2) is 30.9 Å². The van der Waals surface area contributed by atoms with Crippen LogP contribution in [0.5, 0.6) is 5.75 Å². The van der Waals surface area contributed by atoms with E-state index in [0.717, 1.165) is 12.1 Å². The number of ketones is 1. The molecular weight excluding hydrogens is 317 g/mol. The summed E-state index contributed by atoms with van der Waals surface area (Å²) in [4.78, 5) is 34.6. The first-order chi connectivity index (χ1) is 11.5. The molecule has 2 aromatic rings. The van der Waals surface area contributed by atoms with E-state index in [1.807, 2.05) is 0 Å². The van der Waals surface area contributed by atoms with Crippen molar-refractivity contribution < 1.29 is 28.2 Å². The predicted octanol–water partition coefficient (Wildman–Crippen LogP) is 1.73. The van der Waals surface area contributed by atoms with E-state index >= 15 is 0 Å². The zero-order valence-corrected chi connectivity index (χ0v) is 12.5. The molecule has 0 bridgehead atoms. The standard InChI is InChI=1S/C17H14FNO5/c18-12-7-5-11(6-8-12)14(20)9-24-16(21)10-23-15-4-2-1-3-13(15)17(19)22/h1-8H,9-10H2,(H2,19,22). The minimum absolute atomic E-state index is 0.132. The minimum Gasteiger partial charge on any atom is -0.481 e. The van der Waals surface area contributed by atoms with Gasteiger partial charge in [0, 0.05) is 5.56 Å². The van der Waals surface area contributed by atoms with Crippen LogP contribution in [0.25, 0.3) is 0 Å². The number of rotatable bonds is 7. The van der Waals surface area contributed by atoms with Gasteiger partial charge in [0.05, 0.1) is 5.56 Å². The van der Waals surface area contributed by atoms with Gasteiger partial charge in [-0.1, -0.05) is 12.1 Å². The van der Waals surface area contributed by atoms with E-state index in [9.17, 15) is 18.8 Å². The number of carbonyl (C=O) groups excluding carboxylic acids is 3. The van der Waals surface area contributed by atoms with Crippen LogP contribution in [0.4, 0.5) is 4.39 Å². The van der Waals surface area contributed by atoms with Crippen molar-refractivity contribution in [2.24, 2.45) is 5.73 Å². The topological polar surface area (TPSA) is 95.7 Å². The average Bonchev–Trinajstić information content (AvgIpc) is 2.58. The van der Waals surface area contributed by atoms with E-state index in [-0.39, 0.29) is 16.9 Å². The number of hydrogen-bond acceptors (Lipinski definition) is 5. The SMILES string of the molecule is NC(=O)c1ccccc1OCC(=O)OCC(=O)c1ccc(F)cc1. The summed E-state index contributed by atoms with van der Waals surface area (Å²) in [5, 5.41) is 0. The number of esters is 1. The van der Waals surface area contributed by atoms with Crippen LogP contribution in [0.15, 0.2) is 48.5 Å². The summed E-state index contributed by atoms with van der Waals surface area (Å²) in [6.07, 6.45) is 0. The highest BCUT2D eigenvalue weighted by molar-refractivity contribution is 5.98. The Morgan fingerprint density at radius 1 is 0.958 bits per heavy atom. The summed E-state index contributed by atoms with van der Waals surface area (Å²) >= 11 is 0. The molecule has 2 aromatic carbocycles. The van der Waals surface area contributed by atoms with Gasteiger partial charge in [0.15, 0.2) is 19.0 Å². The summed E-state index contributed by atoms with van der Waals surface area (Å²) in [6.45, 7) is -0.980. The molecule has 0 radical (unpaired) electrons. The van der Waals surface area contributed by atoms with Crippen LogP contribution in [0.2, 0.25) is 0 Å². The second kappa shape index (κ2) is 7.87. The zero-order valence-electron chi connectivity index (χ0n) is 12.5. The Kier molecular flexibility index (Phi) is 5.62. The molecular formula is C17H14FNO5. The van der Waals surface area contributed by atoms with Crippen LogP contribution in [0.3, 0.4) is 0 Å². The van der Waals surface area contributed by atoms with Gasteiger partial charge in [-0.3, -0.25) is 9.59 Å². The molecule has 124 valence electrons. The Morgan fingerprint density at radius 2 is 1.62 bits per heavy atom. The summed E-state index contributed by atoms with van der Waals surface area (Å²) < 4.78 is 22.7. The number of primary amides is 1. The third-order valence-electron chi connectivity index (χ3n) is 3.03. The maximum atomic E-state index is 12.8. The quantitative estimate of drug-likeness (QED) is 0.616. The van der Waals surface area contributed by atoms with Crippen LogP contribution < -0.4 is 10.5 Å². The predicted molar refractivity (Wildman–Crippen MR) is 82.1 cm³/mol. The molecule has 0 unspecified atom stereocenters. The van der Waals surface area contributed by atoms with Gasteiger partial charge in [0.1, 0.15) is 11.6 Å². The number of para-hydroxylation sites is 1. The van der Waals surface area contributed by atoms with Gasteiger partial charge in [-0.15, -0.1) is 0 Å². The molecule has 0 heterocycles. The lowest BCUT2D eigenvalue weighted by molar-refractivity contribution is -0.144. The van der Waals surface area contributed by atoms with Crippen molar-refractivity contribution in [3.8, 4) is 5.75 Å². The largest absolute Gasteiger partial charge is 0.481 e. The van der Waals surface area contributed by atoms with Crippen molar-refractivity contribution >= 4 is 17.7 Å². The van der Waals surface area contributed by atoms with Crippen LogP contribution in [-0.2, 0) is 9.53 Å². The lowest BCUT2D eigenvalue weighted by atomic mass is 10.1. The number of hydrogen-bond donors (Lipinski definition) is 1. The van der Waals surface area contributed by atoms with E-state index in [0.29, 0.717) is 0 Å². The highest BCUT2D eigenvalue weighted by atomic mass is 19.1. The maximum absolute atomic E-state index is 12.8. The lowest BCUT2D eigenvalue weighted by Gasteiger charge is -2.09. The summed E-state index contributed by atoms with van der Waals surface area (Å²) in [7, 11) is 0. The van der Waals surface area contributed by atoms with E-state index in [2.05, 4.69) is 0 Å². The van der Waals surface area contributed by atoms with Crippen molar-refractivity contribution in [1.82, 2.24) is 0 Å². The Morgan fingerprint density at radius 3 is 2.29 bits per heavy atom. The average molecular weight is 331 g/mol. The minimum atomic E-state index is -0.787. The molecule has 0 aliphatic rings. The molecule has 0 aliphatic carbocycles. The number of Topliss-reactive ketones (excluding diaryl/α,β-unsaturated/α-hetero) is 1. The number of amides is 1. The first-order valence-corrected chi connectivity index (χ1v) is 6.93. The smallest absolute Gasteiger partial charge is 0.344 e. The fourth-order valence-corrected chi connectivity index (χ4v) is 1.84. The molecule has 7 heteroatoms. The van der Waals surface area contributed by atoms with Crippen molar-refractivity contribution in [2.45, 2.75) is 0 Å². The molecule has 2 rings (SSSR count). The number of carbonyl (C=O) groups is 3. The third-order valence-corrected chi connectivity index (χ3v) is 3.03. The van der Waals surface area contributed by atoms with E-state index < -0.39 is 36.7 Å². The van der Waals surface area contributed by atoms with Crippen LogP contribution >= 0.6 is 0 Å². The van der Waals surface area contributed by atoms with Crippen molar-refractivity contribution in [1.29, 1.82) is 0 Å². The van der Waals surface area contributed by atoms with Crippen molar-refractivity contribution in [2.75, 3.05) is 13.2 Å². The highest BCUT2D eigenvalue weighted by Gasteiger charge is 2.13. The van der Waals surface area contributed by atoms with Gasteiger partial charge >= 0.3 is 5.97 Å². The first kappa shape index (κ1) is 17.1. The second-order valence-electron chi connectivity index (χ2n) is 4.74. The van der Waals surface area contributed by atoms with Gasteiger partial charge in [0.2, 0.25) is 0 Å². The first-order valence-electron chi connectivity index (χ1n) is 6.93. The molecule has 6 nitrogen and oxygen atoms in total. The van der Waals surface area contributed by atoms with E-state index in [1.165, 1.54) is 24.3 Å². The Bertz CT molecular complexity index is 758. The van der Waals surface area contributed by atoms with Crippen molar-refractivity contribution in [3.63, 3.8) is 0 Å². The maximum Gasteiger partial charge on any atom is 0.344 e. The Balaban J connectivity index is 1.85.